The van der Waals surface area contributed by atoms with Crippen molar-refractivity contribution in [3.05, 3.63) is 54.3 Å². The molecule has 1 N–H and O–H groups in total. The van der Waals surface area contributed by atoms with Gasteiger partial charge in [-0.2, -0.15) is 0 Å². The second kappa shape index (κ2) is 9.06. The molecule has 0 bridgehead atoms. The van der Waals surface area contributed by atoms with Crippen molar-refractivity contribution in [2.75, 3.05) is 44.7 Å². The third-order valence-corrected chi connectivity index (χ3v) is 4.61. The molecule has 0 saturated heterocycles. The Hall–Kier alpha value is -2.31. The third kappa shape index (κ3) is 5.11. The van der Waals surface area contributed by atoms with Gasteiger partial charge in [-0.25, -0.2) is 4.39 Å². The number of halogens is 1. The molecule has 146 valence electrons. The molecule has 27 heavy (non-hydrogen) atoms. The van der Waals surface area contributed by atoms with Crippen molar-refractivity contribution in [3.8, 4) is 11.5 Å². The molecule has 1 aliphatic rings. The molecule has 0 aliphatic carbocycles. The van der Waals surface area contributed by atoms with E-state index in [1.165, 1.54) is 6.07 Å². The molecule has 6 heteroatoms. The summed E-state index contributed by atoms with van der Waals surface area (Å²) < 4.78 is 25.1. The van der Waals surface area contributed by atoms with Crippen LogP contribution in [0.15, 0.2) is 48.5 Å². The van der Waals surface area contributed by atoms with Crippen LogP contribution in [0, 0.1) is 5.82 Å². The predicted molar refractivity (Wildman–Crippen MR) is 104 cm³/mol. The summed E-state index contributed by atoms with van der Waals surface area (Å²) >= 11 is 0. The summed E-state index contributed by atoms with van der Waals surface area (Å²) in [6.45, 7) is 5.00. The molecule has 2 aromatic carbocycles. The van der Waals surface area contributed by atoms with E-state index in [9.17, 15) is 9.50 Å². The Morgan fingerprint density at radius 1 is 1.26 bits per heavy atom. The van der Waals surface area contributed by atoms with Crippen LogP contribution in [0.1, 0.15) is 6.92 Å². The summed E-state index contributed by atoms with van der Waals surface area (Å²) in [7, 11) is 1.94. The van der Waals surface area contributed by atoms with Gasteiger partial charge in [-0.1, -0.05) is 24.3 Å². The maximum Gasteiger partial charge on any atom is 0.165 e. The number of hydrogen-bond acceptors (Lipinski definition) is 5. The molecular formula is C21H27FN2O3. The minimum absolute atomic E-state index is 0.0181. The molecule has 1 aliphatic heterocycles. The Kier molecular flexibility index (Phi) is 6.53. The molecule has 0 spiro atoms. The van der Waals surface area contributed by atoms with E-state index in [1.54, 1.807) is 18.2 Å². The summed E-state index contributed by atoms with van der Waals surface area (Å²) in [5.74, 6) is 0.629. The van der Waals surface area contributed by atoms with Crippen LogP contribution in [-0.4, -0.2) is 62.0 Å². The van der Waals surface area contributed by atoms with E-state index >= 15 is 0 Å². The second-order valence-electron chi connectivity index (χ2n) is 6.86. The van der Waals surface area contributed by atoms with Crippen molar-refractivity contribution < 1.29 is 19.0 Å². The van der Waals surface area contributed by atoms with Gasteiger partial charge in [0.25, 0.3) is 0 Å². The minimum Gasteiger partial charge on any atom is -0.488 e. The van der Waals surface area contributed by atoms with E-state index in [0.717, 1.165) is 24.5 Å². The molecule has 0 unspecified atom stereocenters. The first kappa shape index (κ1) is 19.5. The van der Waals surface area contributed by atoms with Crippen molar-refractivity contribution >= 4 is 5.69 Å². The molecule has 0 aromatic heterocycles. The Morgan fingerprint density at radius 3 is 2.78 bits per heavy atom. The zero-order chi connectivity index (χ0) is 19.2. The van der Waals surface area contributed by atoms with Crippen molar-refractivity contribution in [2.24, 2.45) is 0 Å². The maximum absolute atomic E-state index is 13.6. The molecule has 2 atom stereocenters. The maximum atomic E-state index is 13.6. The van der Waals surface area contributed by atoms with Crippen molar-refractivity contribution in [3.63, 3.8) is 0 Å². The van der Waals surface area contributed by atoms with Gasteiger partial charge in [-0.05, 0) is 38.2 Å². The highest BCUT2D eigenvalue weighted by Gasteiger charge is 2.26. The van der Waals surface area contributed by atoms with Crippen molar-refractivity contribution in [1.29, 1.82) is 0 Å². The largest absolute Gasteiger partial charge is 0.488 e. The quantitative estimate of drug-likeness (QED) is 0.770. The van der Waals surface area contributed by atoms with E-state index < -0.39 is 11.9 Å². The predicted octanol–water partition coefficient (Wildman–Crippen LogP) is 2.78. The zero-order valence-corrected chi connectivity index (χ0v) is 15.8. The van der Waals surface area contributed by atoms with Crippen LogP contribution in [0.4, 0.5) is 10.1 Å². The standard InChI is InChI=1S/C21H27FN2O3/c1-3-24-14-17(27-21-11-7-5-9-19(21)24)13-23(2)12-16(25)15-26-20-10-6-4-8-18(20)22/h4-11,16-17,25H,3,12-15H2,1-2H3/t16-,17+/m0/s1. The van der Waals surface area contributed by atoms with E-state index in [-0.39, 0.29) is 18.5 Å². The van der Waals surface area contributed by atoms with E-state index in [4.69, 9.17) is 9.47 Å². The average Bonchev–Trinajstić information content (AvgIpc) is 2.66. The Morgan fingerprint density at radius 2 is 2.00 bits per heavy atom. The number of para-hydroxylation sites is 3. The first-order valence-corrected chi connectivity index (χ1v) is 9.31. The zero-order valence-electron chi connectivity index (χ0n) is 15.8. The molecule has 0 saturated carbocycles. The number of likely N-dealkylation sites (N-methyl/N-ethyl adjacent to an activating group) is 2. The monoisotopic (exact) mass is 374 g/mol. The summed E-state index contributed by atoms with van der Waals surface area (Å²) in [5, 5.41) is 10.2. The van der Waals surface area contributed by atoms with Gasteiger partial charge in [0.1, 0.15) is 24.6 Å². The normalized spacial score (nSPS) is 17.4. The lowest BCUT2D eigenvalue weighted by molar-refractivity contribution is 0.0595. The van der Waals surface area contributed by atoms with E-state index in [1.807, 2.05) is 30.1 Å². The fourth-order valence-corrected chi connectivity index (χ4v) is 3.36. The number of aliphatic hydroxyl groups excluding tert-OH is 1. The van der Waals surface area contributed by atoms with Gasteiger partial charge >= 0.3 is 0 Å². The number of rotatable bonds is 8. The highest BCUT2D eigenvalue weighted by atomic mass is 19.1. The van der Waals surface area contributed by atoms with Gasteiger partial charge < -0.3 is 19.5 Å². The summed E-state index contributed by atoms with van der Waals surface area (Å²) in [6.07, 6.45) is -0.697. The van der Waals surface area contributed by atoms with Gasteiger partial charge in [-0.15, -0.1) is 0 Å². The molecule has 0 fully saturated rings. The number of aliphatic hydroxyl groups is 1. The van der Waals surface area contributed by atoms with Crippen LogP contribution in [0.3, 0.4) is 0 Å². The second-order valence-corrected chi connectivity index (χ2v) is 6.86. The van der Waals surface area contributed by atoms with Crippen LogP contribution >= 0.6 is 0 Å². The molecule has 1 heterocycles. The Bertz CT molecular complexity index is 743. The molecule has 0 amide bonds. The van der Waals surface area contributed by atoms with Crippen molar-refractivity contribution in [1.82, 2.24) is 4.90 Å². The molecule has 2 aromatic rings. The highest BCUT2D eigenvalue weighted by molar-refractivity contribution is 5.60. The van der Waals surface area contributed by atoms with Crippen LogP contribution in [0.25, 0.3) is 0 Å². The SMILES string of the molecule is CCN1C[C@@H](CN(C)C[C@H](O)COc2ccccc2F)Oc2ccccc21. The van der Waals surface area contributed by atoms with Crippen LogP contribution in [-0.2, 0) is 0 Å². The number of fused-ring (bicyclic) bond motifs is 1. The van der Waals surface area contributed by atoms with E-state index in [2.05, 4.69) is 17.9 Å². The molecular weight excluding hydrogens is 347 g/mol. The fourth-order valence-electron chi connectivity index (χ4n) is 3.36. The fraction of sp³-hybridized carbons (Fsp3) is 0.429. The average molecular weight is 374 g/mol. The summed E-state index contributed by atoms with van der Waals surface area (Å²) in [6, 6.07) is 14.3. The van der Waals surface area contributed by atoms with Crippen LogP contribution in [0.2, 0.25) is 0 Å². The Labute approximate surface area is 159 Å². The van der Waals surface area contributed by atoms with Crippen molar-refractivity contribution in [2.45, 2.75) is 19.1 Å². The lowest BCUT2D eigenvalue weighted by Crippen LogP contribution is -2.47. The lowest BCUT2D eigenvalue weighted by atomic mass is 10.1. The van der Waals surface area contributed by atoms with E-state index in [0.29, 0.717) is 13.1 Å². The number of anilines is 1. The van der Waals surface area contributed by atoms with Gasteiger partial charge in [0.15, 0.2) is 11.6 Å². The summed E-state index contributed by atoms with van der Waals surface area (Å²) in [4.78, 5) is 4.32. The number of benzene rings is 2. The van der Waals surface area contributed by atoms with Gasteiger partial charge in [0.05, 0.1) is 12.2 Å². The van der Waals surface area contributed by atoms with Gasteiger partial charge in [0.2, 0.25) is 0 Å². The topological polar surface area (TPSA) is 45.2 Å². The highest BCUT2D eigenvalue weighted by Crippen LogP contribution is 2.32. The third-order valence-electron chi connectivity index (χ3n) is 4.61. The molecule has 3 rings (SSSR count). The Balaban J connectivity index is 1.49. The molecule has 5 nitrogen and oxygen atoms in total. The molecule has 0 radical (unpaired) electrons. The summed E-state index contributed by atoms with van der Waals surface area (Å²) in [5.41, 5.74) is 1.12. The number of hydrogen-bond donors (Lipinski definition) is 1. The first-order valence-electron chi connectivity index (χ1n) is 9.31. The number of nitrogens with zero attached hydrogens (tertiary/aromatic N) is 2. The first-order chi connectivity index (χ1) is 13.1. The smallest absolute Gasteiger partial charge is 0.165 e. The van der Waals surface area contributed by atoms with Gasteiger partial charge in [-0.3, -0.25) is 4.90 Å². The van der Waals surface area contributed by atoms with Crippen LogP contribution in [0.5, 0.6) is 11.5 Å². The van der Waals surface area contributed by atoms with Crippen LogP contribution < -0.4 is 14.4 Å². The lowest BCUT2D eigenvalue weighted by Gasteiger charge is -2.37. The minimum atomic E-state index is -0.715. The van der Waals surface area contributed by atoms with Gasteiger partial charge in [0, 0.05) is 19.6 Å². The number of ether oxygens (including phenoxy) is 2.